The number of phenolic OH excluding ortho intramolecular Hbond substituents is 1. The minimum Gasteiger partial charge on any atom is -0.504 e. The van der Waals surface area contributed by atoms with Crippen LogP contribution in [0.3, 0.4) is 0 Å². The highest BCUT2D eigenvalue weighted by Gasteiger charge is 2.08. The molecule has 1 heterocycles. The van der Waals surface area contributed by atoms with Crippen LogP contribution in [0.5, 0.6) is 11.5 Å². The van der Waals surface area contributed by atoms with E-state index in [2.05, 4.69) is 24.9 Å². The predicted molar refractivity (Wildman–Crippen MR) is 60.6 cm³/mol. The lowest BCUT2D eigenvalue weighted by Crippen LogP contribution is -1.85. The molecule has 0 spiro atoms. The average molecular weight is 205 g/mol. The van der Waals surface area contributed by atoms with Crippen LogP contribution in [0.25, 0.3) is 10.9 Å². The van der Waals surface area contributed by atoms with Crippen LogP contribution in [0.2, 0.25) is 0 Å². The molecule has 0 aliphatic rings. The highest BCUT2D eigenvalue weighted by Crippen LogP contribution is 2.32. The third kappa shape index (κ3) is 1.65. The largest absolute Gasteiger partial charge is 0.504 e. The first-order valence-electron chi connectivity index (χ1n) is 5.01. The molecule has 0 fully saturated rings. The molecule has 0 aliphatic heterocycles. The Bertz CT molecular complexity index is 486. The fourth-order valence-corrected chi connectivity index (χ4v) is 1.65. The van der Waals surface area contributed by atoms with E-state index in [1.807, 2.05) is 6.07 Å². The van der Waals surface area contributed by atoms with Gasteiger partial charge in [0.2, 0.25) is 0 Å². The average Bonchev–Trinajstić information content (AvgIpc) is 2.59. The van der Waals surface area contributed by atoms with Crippen LogP contribution >= 0.6 is 0 Å². The van der Waals surface area contributed by atoms with Crippen molar-refractivity contribution in [3.63, 3.8) is 0 Å². The Balaban J connectivity index is 2.61. The van der Waals surface area contributed by atoms with Gasteiger partial charge in [-0.3, -0.25) is 0 Å². The molecule has 0 saturated heterocycles. The molecule has 2 N–H and O–H groups in total. The number of ether oxygens (including phenoxy) is 1. The Morgan fingerprint density at radius 1 is 1.27 bits per heavy atom. The van der Waals surface area contributed by atoms with E-state index in [0.717, 1.165) is 16.6 Å². The Hall–Kier alpha value is -1.64. The van der Waals surface area contributed by atoms with E-state index in [9.17, 15) is 5.11 Å². The van der Waals surface area contributed by atoms with Gasteiger partial charge in [-0.25, -0.2) is 0 Å². The summed E-state index contributed by atoms with van der Waals surface area (Å²) in [5, 5.41) is 10.6. The second-order valence-electron chi connectivity index (χ2n) is 3.99. The number of aromatic nitrogens is 1. The second kappa shape index (κ2) is 3.50. The van der Waals surface area contributed by atoms with Crippen molar-refractivity contribution in [1.82, 2.24) is 4.98 Å². The number of rotatable bonds is 2. The van der Waals surface area contributed by atoms with Gasteiger partial charge in [-0.1, -0.05) is 13.8 Å². The van der Waals surface area contributed by atoms with Gasteiger partial charge in [0.1, 0.15) is 0 Å². The van der Waals surface area contributed by atoms with Crippen molar-refractivity contribution in [1.29, 1.82) is 0 Å². The predicted octanol–water partition coefficient (Wildman–Crippen LogP) is 3.01. The summed E-state index contributed by atoms with van der Waals surface area (Å²) in [4.78, 5) is 3.31. The van der Waals surface area contributed by atoms with Crippen LogP contribution in [0.4, 0.5) is 0 Å². The summed E-state index contributed by atoms with van der Waals surface area (Å²) in [5.74, 6) is 1.13. The lowest BCUT2D eigenvalue weighted by atomic mass is 10.1. The molecule has 0 atom stereocenters. The molecule has 1 aromatic heterocycles. The topological polar surface area (TPSA) is 45.2 Å². The molecule has 80 valence electrons. The van der Waals surface area contributed by atoms with E-state index in [1.165, 1.54) is 0 Å². The number of benzene rings is 1. The van der Waals surface area contributed by atoms with Gasteiger partial charge in [0, 0.05) is 22.7 Å². The zero-order valence-corrected chi connectivity index (χ0v) is 9.16. The van der Waals surface area contributed by atoms with E-state index in [4.69, 9.17) is 4.74 Å². The van der Waals surface area contributed by atoms with Crippen molar-refractivity contribution in [2.75, 3.05) is 7.11 Å². The van der Waals surface area contributed by atoms with Crippen molar-refractivity contribution in [2.45, 2.75) is 19.8 Å². The monoisotopic (exact) mass is 205 g/mol. The van der Waals surface area contributed by atoms with E-state index in [0.29, 0.717) is 11.7 Å². The molecular formula is C12H15NO2. The van der Waals surface area contributed by atoms with Crippen molar-refractivity contribution in [3.8, 4) is 11.5 Å². The van der Waals surface area contributed by atoms with Gasteiger partial charge >= 0.3 is 0 Å². The Labute approximate surface area is 88.7 Å². The molecule has 0 amide bonds. The number of aromatic hydroxyl groups is 1. The number of hydrogen-bond acceptors (Lipinski definition) is 2. The minimum atomic E-state index is 0.180. The maximum atomic E-state index is 9.62. The van der Waals surface area contributed by atoms with Crippen LogP contribution in [0.15, 0.2) is 18.2 Å². The molecule has 0 unspecified atom stereocenters. The van der Waals surface area contributed by atoms with Gasteiger partial charge in [-0.15, -0.1) is 0 Å². The van der Waals surface area contributed by atoms with Gasteiger partial charge < -0.3 is 14.8 Å². The summed E-state index contributed by atoms with van der Waals surface area (Å²) in [5.41, 5.74) is 2.16. The van der Waals surface area contributed by atoms with E-state index in [1.54, 1.807) is 13.2 Å². The van der Waals surface area contributed by atoms with Crippen LogP contribution in [0, 0.1) is 0 Å². The van der Waals surface area contributed by atoms with Gasteiger partial charge in [-0.05, 0) is 18.1 Å². The molecule has 0 saturated carbocycles. The molecule has 0 radical (unpaired) electrons. The summed E-state index contributed by atoms with van der Waals surface area (Å²) in [6.45, 7) is 4.25. The van der Waals surface area contributed by atoms with Gasteiger partial charge in [0.05, 0.1) is 7.11 Å². The smallest absolute Gasteiger partial charge is 0.162 e. The van der Waals surface area contributed by atoms with Gasteiger partial charge in [0.25, 0.3) is 0 Å². The maximum absolute atomic E-state index is 9.62. The first-order valence-corrected chi connectivity index (χ1v) is 5.01. The number of nitrogens with one attached hydrogen (secondary N) is 1. The molecule has 3 heteroatoms. The number of methoxy groups -OCH3 is 1. The van der Waals surface area contributed by atoms with E-state index in [-0.39, 0.29) is 5.75 Å². The Morgan fingerprint density at radius 3 is 2.60 bits per heavy atom. The molecule has 2 aromatic rings. The second-order valence-corrected chi connectivity index (χ2v) is 3.99. The van der Waals surface area contributed by atoms with Crippen molar-refractivity contribution in [2.24, 2.45) is 0 Å². The number of aromatic amines is 1. The quantitative estimate of drug-likeness (QED) is 0.791. The Morgan fingerprint density at radius 2 is 2.00 bits per heavy atom. The van der Waals surface area contributed by atoms with Crippen molar-refractivity contribution >= 4 is 10.9 Å². The normalized spacial score (nSPS) is 11.2. The van der Waals surface area contributed by atoms with Crippen LogP contribution < -0.4 is 4.74 Å². The van der Waals surface area contributed by atoms with Crippen LogP contribution in [-0.2, 0) is 0 Å². The zero-order valence-electron chi connectivity index (χ0n) is 9.16. The summed E-state index contributed by atoms with van der Waals surface area (Å²) >= 11 is 0. The SMILES string of the molecule is COc1cc2[nH]c(C(C)C)cc2cc1O. The highest BCUT2D eigenvalue weighted by atomic mass is 16.5. The third-order valence-electron chi connectivity index (χ3n) is 2.56. The summed E-state index contributed by atoms with van der Waals surface area (Å²) in [6.07, 6.45) is 0. The summed E-state index contributed by atoms with van der Waals surface area (Å²) < 4.78 is 5.05. The van der Waals surface area contributed by atoms with E-state index >= 15 is 0 Å². The number of hydrogen-bond donors (Lipinski definition) is 2. The van der Waals surface area contributed by atoms with Crippen LogP contribution in [0.1, 0.15) is 25.5 Å². The molecule has 1 aromatic carbocycles. The summed E-state index contributed by atoms with van der Waals surface area (Å²) in [6, 6.07) is 5.59. The minimum absolute atomic E-state index is 0.180. The van der Waals surface area contributed by atoms with Gasteiger partial charge in [0.15, 0.2) is 11.5 Å². The van der Waals surface area contributed by atoms with Crippen molar-refractivity contribution in [3.05, 3.63) is 23.9 Å². The molecule has 15 heavy (non-hydrogen) atoms. The van der Waals surface area contributed by atoms with Gasteiger partial charge in [-0.2, -0.15) is 0 Å². The lowest BCUT2D eigenvalue weighted by molar-refractivity contribution is 0.374. The highest BCUT2D eigenvalue weighted by molar-refractivity contribution is 5.84. The molecule has 2 rings (SSSR count). The third-order valence-corrected chi connectivity index (χ3v) is 2.56. The number of fused-ring (bicyclic) bond motifs is 1. The first kappa shape index (κ1) is 9.90. The van der Waals surface area contributed by atoms with Crippen LogP contribution in [-0.4, -0.2) is 17.2 Å². The first-order chi connectivity index (χ1) is 7.11. The van der Waals surface area contributed by atoms with E-state index < -0.39 is 0 Å². The zero-order chi connectivity index (χ0) is 11.0. The lowest BCUT2D eigenvalue weighted by Gasteiger charge is -2.02. The molecule has 3 nitrogen and oxygen atoms in total. The molecular weight excluding hydrogens is 190 g/mol. The fourth-order valence-electron chi connectivity index (χ4n) is 1.65. The number of H-pyrrole nitrogens is 1. The maximum Gasteiger partial charge on any atom is 0.162 e. The Kier molecular flexibility index (Phi) is 2.31. The summed E-state index contributed by atoms with van der Waals surface area (Å²) in [7, 11) is 1.55. The number of phenols is 1. The fraction of sp³-hybridized carbons (Fsp3) is 0.333. The molecule has 0 aliphatic carbocycles. The standard InChI is InChI=1S/C12H15NO2/c1-7(2)9-4-8-5-11(14)12(15-3)6-10(8)13-9/h4-7,13-14H,1-3H3. The molecule has 0 bridgehead atoms. The van der Waals surface area contributed by atoms with Crippen molar-refractivity contribution < 1.29 is 9.84 Å².